The Morgan fingerprint density at radius 1 is 1.00 bits per heavy atom. The van der Waals surface area contributed by atoms with Crippen LogP contribution in [-0.4, -0.2) is 53.0 Å². The molecule has 0 aromatic heterocycles. The molecule has 162 valence electrons. The minimum absolute atomic E-state index is 0.108. The third-order valence-corrected chi connectivity index (χ3v) is 6.97. The van der Waals surface area contributed by atoms with Crippen LogP contribution >= 0.6 is 0 Å². The van der Waals surface area contributed by atoms with Crippen LogP contribution in [0.2, 0.25) is 0 Å². The van der Waals surface area contributed by atoms with Crippen LogP contribution in [0.1, 0.15) is 12.8 Å². The van der Waals surface area contributed by atoms with Gasteiger partial charge >= 0.3 is 0 Å². The van der Waals surface area contributed by atoms with Gasteiger partial charge < -0.3 is 19.5 Å². The van der Waals surface area contributed by atoms with Crippen molar-refractivity contribution in [3.05, 3.63) is 42.5 Å². The van der Waals surface area contributed by atoms with E-state index >= 15 is 0 Å². The van der Waals surface area contributed by atoms with Crippen LogP contribution in [0.5, 0.6) is 17.2 Å². The number of hydrogen-bond donors (Lipinski definition) is 1. The zero-order valence-electron chi connectivity index (χ0n) is 17.3. The summed E-state index contributed by atoms with van der Waals surface area (Å²) >= 11 is 0. The van der Waals surface area contributed by atoms with Crippen LogP contribution in [0.4, 0.5) is 5.69 Å². The van der Waals surface area contributed by atoms with Crippen molar-refractivity contribution < 1.29 is 27.4 Å². The highest BCUT2D eigenvalue weighted by Crippen LogP contribution is 2.32. The minimum Gasteiger partial charge on any atom is -0.497 e. The van der Waals surface area contributed by atoms with Crippen molar-refractivity contribution in [2.45, 2.75) is 17.7 Å². The number of methoxy groups -OCH3 is 3. The van der Waals surface area contributed by atoms with Crippen LogP contribution in [-0.2, 0) is 14.8 Å². The molecule has 1 fully saturated rings. The largest absolute Gasteiger partial charge is 0.497 e. The lowest BCUT2D eigenvalue weighted by Gasteiger charge is -2.31. The van der Waals surface area contributed by atoms with Crippen LogP contribution < -0.4 is 19.5 Å². The van der Waals surface area contributed by atoms with Crippen molar-refractivity contribution in [3.8, 4) is 17.2 Å². The van der Waals surface area contributed by atoms with Crippen molar-refractivity contribution in [2.75, 3.05) is 39.7 Å². The Morgan fingerprint density at radius 2 is 1.70 bits per heavy atom. The highest BCUT2D eigenvalue weighted by atomic mass is 32.2. The standard InChI is InChI=1S/C21H26N2O6S/c1-27-17-8-6-16(7-9-17)22-21(24)15-5-4-12-23(14-15)30(25,26)18-10-11-19(28-2)20(13-18)29-3/h6-11,13,15H,4-5,12,14H2,1-3H3,(H,22,24)/t15-/m0/s1. The third-order valence-electron chi connectivity index (χ3n) is 5.11. The molecule has 1 aliphatic heterocycles. The minimum atomic E-state index is -3.77. The molecule has 3 rings (SSSR count). The van der Waals surface area contributed by atoms with E-state index < -0.39 is 15.9 Å². The van der Waals surface area contributed by atoms with Crippen LogP contribution in [0.3, 0.4) is 0 Å². The molecule has 9 heteroatoms. The van der Waals surface area contributed by atoms with Crippen LogP contribution in [0, 0.1) is 5.92 Å². The maximum Gasteiger partial charge on any atom is 0.243 e. The lowest BCUT2D eigenvalue weighted by atomic mass is 9.99. The van der Waals surface area contributed by atoms with Gasteiger partial charge in [-0.05, 0) is 49.2 Å². The fourth-order valence-corrected chi connectivity index (χ4v) is 4.96. The van der Waals surface area contributed by atoms with Gasteiger partial charge in [0.15, 0.2) is 11.5 Å². The van der Waals surface area contributed by atoms with Crippen molar-refractivity contribution in [2.24, 2.45) is 5.92 Å². The summed E-state index contributed by atoms with van der Waals surface area (Å²) in [5.74, 6) is 0.845. The maximum absolute atomic E-state index is 13.1. The van der Waals surface area contributed by atoms with Gasteiger partial charge in [0, 0.05) is 24.8 Å². The number of ether oxygens (including phenoxy) is 3. The summed E-state index contributed by atoms with van der Waals surface area (Å²) in [6, 6.07) is 11.5. The molecule has 2 aromatic carbocycles. The highest BCUT2D eigenvalue weighted by molar-refractivity contribution is 7.89. The van der Waals surface area contributed by atoms with E-state index in [1.807, 2.05) is 0 Å². The van der Waals surface area contributed by atoms with Gasteiger partial charge in [0.1, 0.15) is 5.75 Å². The van der Waals surface area contributed by atoms with Crippen LogP contribution in [0.25, 0.3) is 0 Å². The van der Waals surface area contributed by atoms with E-state index in [0.717, 1.165) is 0 Å². The fourth-order valence-electron chi connectivity index (χ4n) is 3.42. The fraction of sp³-hybridized carbons (Fsp3) is 0.381. The number of hydrogen-bond acceptors (Lipinski definition) is 6. The first-order valence-corrected chi connectivity index (χ1v) is 11.0. The van der Waals surface area contributed by atoms with Gasteiger partial charge in [-0.1, -0.05) is 0 Å². The SMILES string of the molecule is COc1ccc(NC(=O)[C@H]2CCCN(S(=O)(=O)c3ccc(OC)c(OC)c3)C2)cc1. The number of anilines is 1. The number of amides is 1. The smallest absolute Gasteiger partial charge is 0.243 e. The van der Waals surface area contributed by atoms with Crippen molar-refractivity contribution in [3.63, 3.8) is 0 Å². The van der Waals surface area contributed by atoms with Crippen LogP contribution in [0.15, 0.2) is 47.4 Å². The molecule has 1 atom stereocenters. The second-order valence-corrected chi connectivity index (χ2v) is 8.87. The molecular formula is C21H26N2O6S. The Morgan fingerprint density at radius 3 is 2.33 bits per heavy atom. The number of nitrogens with one attached hydrogen (secondary N) is 1. The topological polar surface area (TPSA) is 94.2 Å². The first-order chi connectivity index (χ1) is 14.4. The third kappa shape index (κ3) is 4.68. The Kier molecular flexibility index (Phi) is 6.84. The van der Waals surface area contributed by atoms with Gasteiger partial charge in [-0.3, -0.25) is 4.79 Å². The van der Waals surface area contributed by atoms with E-state index in [1.54, 1.807) is 37.4 Å². The Hall–Kier alpha value is -2.78. The molecule has 8 nitrogen and oxygen atoms in total. The first-order valence-electron chi connectivity index (χ1n) is 9.56. The molecule has 2 aromatic rings. The van der Waals surface area contributed by atoms with E-state index in [-0.39, 0.29) is 17.3 Å². The average Bonchev–Trinajstić information content (AvgIpc) is 2.79. The van der Waals surface area contributed by atoms with Gasteiger partial charge in [0.25, 0.3) is 0 Å². The van der Waals surface area contributed by atoms with Gasteiger partial charge in [0.2, 0.25) is 15.9 Å². The molecule has 1 amide bonds. The van der Waals surface area contributed by atoms with Crippen molar-refractivity contribution >= 4 is 21.6 Å². The summed E-state index contributed by atoms with van der Waals surface area (Å²) in [6.07, 6.45) is 1.23. The highest BCUT2D eigenvalue weighted by Gasteiger charge is 2.33. The molecule has 0 bridgehead atoms. The second kappa shape index (κ2) is 9.36. The molecule has 0 aliphatic carbocycles. The molecule has 0 unspecified atom stereocenters. The summed E-state index contributed by atoms with van der Waals surface area (Å²) in [6.45, 7) is 0.488. The predicted molar refractivity (Wildman–Crippen MR) is 113 cm³/mol. The Bertz CT molecular complexity index is 991. The van der Waals surface area contributed by atoms with Crippen molar-refractivity contribution in [1.29, 1.82) is 0 Å². The van der Waals surface area contributed by atoms with Gasteiger partial charge in [-0.25, -0.2) is 8.42 Å². The molecule has 1 N–H and O–H groups in total. The summed E-state index contributed by atoms with van der Waals surface area (Å²) < 4.78 is 43.1. The van der Waals surface area contributed by atoms with E-state index in [1.165, 1.54) is 30.7 Å². The van der Waals surface area contributed by atoms with E-state index in [4.69, 9.17) is 14.2 Å². The van der Waals surface area contributed by atoms with Gasteiger partial charge in [-0.2, -0.15) is 4.31 Å². The van der Waals surface area contributed by atoms with E-state index in [9.17, 15) is 13.2 Å². The predicted octanol–water partition coefficient (Wildman–Crippen LogP) is 2.75. The number of carbonyl (C=O) groups excluding carboxylic acids is 1. The number of nitrogens with zero attached hydrogens (tertiary/aromatic N) is 1. The van der Waals surface area contributed by atoms with Gasteiger partial charge in [-0.15, -0.1) is 0 Å². The quantitative estimate of drug-likeness (QED) is 0.720. The molecule has 0 spiro atoms. The molecule has 0 radical (unpaired) electrons. The summed E-state index contributed by atoms with van der Waals surface area (Å²) in [5.41, 5.74) is 0.640. The number of piperidine rings is 1. The number of sulfonamides is 1. The Balaban J connectivity index is 1.73. The number of rotatable bonds is 7. The monoisotopic (exact) mass is 434 g/mol. The maximum atomic E-state index is 13.1. The van der Waals surface area contributed by atoms with E-state index in [2.05, 4.69) is 5.32 Å². The van der Waals surface area contributed by atoms with E-state index in [0.29, 0.717) is 42.3 Å². The lowest BCUT2D eigenvalue weighted by Crippen LogP contribution is -2.43. The summed E-state index contributed by atoms with van der Waals surface area (Å²) in [4.78, 5) is 12.8. The zero-order chi connectivity index (χ0) is 21.7. The summed E-state index contributed by atoms with van der Waals surface area (Å²) in [7, 11) is 0.748. The second-order valence-electron chi connectivity index (χ2n) is 6.94. The molecule has 1 saturated heterocycles. The molecule has 1 aliphatic rings. The summed E-state index contributed by atoms with van der Waals surface area (Å²) in [5, 5.41) is 2.86. The normalized spacial score (nSPS) is 17.2. The van der Waals surface area contributed by atoms with Gasteiger partial charge in [0.05, 0.1) is 32.1 Å². The number of benzene rings is 2. The molecule has 0 saturated carbocycles. The van der Waals surface area contributed by atoms with Crippen molar-refractivity contribution in [1.82, 2.24) is 4.31 Å². The zero-order valence-corrected chi connectivity index (χ0v) is 18.1. The molecule has 1 heterocycles. The Labute approximate surface area is 176 Å². The first kappa shape index (κ1) is 21.9. The lowest BCUT2D eigenvalue weighted by molar-refractivity contribution is -0.120. The molecular weight excluding hydrogens is 408 g/mol. The number of carbonyl (C=O) groups is 1. The average molecular weight is 435 g/mol. The molecule has 30 heavy (non-hydrogen) atoms.